The molecule has 1 aromatic rings. The second kappa shape index (κ2) is 3.79. The molecule has 0 spiro atoms. The normalized spacial score (nSPS) is 17.1. The average Bonchev–Trinajstić information content (AvgIpc) is 2.23. The lowest BCUT2D eigenvalue weighted by Crippen LogP contribution is -2.36. The van der Waals surface area contributed by atoms with Gasteiger partial charge in [-0.15, -0.1) is 0 Å². The largest absolute Gasteiger partial charge is 0.395 e. The van der Waals surface area contributed by atoms with E-state index in [-0.39, 0.29) is 5.69 Å². The third-order valence-electron chi connectivity index (χ3n) is 2.20. The zero-order valence-electron chi connectivity index (χ0n) is 7.74. The van der Waals surface area contributed by atoms with Crippen molar-refractivity contribution in [3.63, 3.8) is 0 Å². The molecule has 0 bridgehead atoms. The molecule has 1 aliphatic heterocycles. The van der Waals surface area contributed by atoms with E-state index in [1.165, 1.54) is 12.3 Å². The number of anilines is 2. The first kappa shape index (κ1) is 9.21. The van der Waals surface area contributed by atoms with E-state index < -0.39 is 5.82 Å². The van der Waals surface area contributed by atoms with Gasteiger partial charge in [0.2, 0.25) is 0 Å². The third-order valence-corrected chi connectivity index (χ3v) is 2.20. The highest BCUT2D eigenvalue weighted by Crippen LogP contribution is 2.17. The Morgan fingerprint density at radius 1 is 1.43 bits per heavy atom. The molecule has 0 atom stereocenters. The molecule has 2 rings (SSSR count). The Morgan fingerprint density at radius 3 is 2.79 bits per heavy atom. The zero-order chi connectivity index (χ0) is 9.97. The summed E-state index contributed by atoms with van der Waals surface area (Å²) in [7, 11) is 0. The lowest BCUT2D eigenvalue weighted by molar-refractivity contribution is 0.122. The summed E-state index contributed by atoms with van der Waals surface area (Å²) < 4.78 is 18.3. The van der Waals surface area contributed by atoms with Crippen LogP contribution in [0.2, 0.25) is 0 Å². The van der Waals surface area contributed by atoms with E-state index >= 15 is 0 Å². The van der Waals surface area contributed by atoms with Crippen LogP contribution in [-0.2, 0) is 4.74 Å². The second-order valence-corrected chi connectivity index (χ2v) is 3.16. The van der Waals surface area contributed by atoms with Crippen molar-refractivity contribution in [2.24, 2.45) is 0 Å². The van der Waals surface area contributed by atoms with Crippen LogP contribution in [0.25, 0.3) is 0 Å². The Morgan fingerprint density at radius 2 is 2.14 bits per heavy atom. The van der Waals surface area contributed by atoms with Gasteiger partial charge in [0.25, 0.3) is 0 Å². The molecule has 0 amide bonds. The number of morpholine rings is 1. The number of nitrogen functional groups attached to an aromatic ring is 1. The Bertz CT molecular complexity index is 326. The summed E-state index contributed by atoms with van der Waals surface area (Å²) in [5.74, 6) is 0.210. The molecule has 0 unspecified atom stereocenters. The van der Waals surface area contributed by atoms with Crippen molar-refractivity contribution in [3.8, 4) is 0 Å². The van der Waals surface area contributed by atoms with Gasteiger partial charge in [-0.3, -0.25) is 0 Å². The van der Waals surface area contributed by atoms with Crippen LogP contribution in [0, 0.1) is 5.82 Å². The van der Waals surface area contributed by atoms with Crippen molar-refractivity contribution in [2.75, 3.05) is 36.9 Å². The van der Waals surface area contributed by atoms with Crippen molar-refractivity contribution in [1.29, 1.82) is 0 Å². The van der Waals surface area contributed by atoms with Gasteiger partial charge < -0.3 is 15.4 Å². The van der Waals surface area contributed by atoms with Gasteiger partial charge in [0.15, 0.2) is 5.82 Å². The van der Waals surface area contributed by atoms with Gasteiger partial charge in [0.05, 0.1) is 25.1 Å². The average molecular weight is 197 g/mol. The zero-order valence-corrected chi connectivity index (χ0v) is 7.74. The van der Waals surface area contributed by atoms with Gasteiger partial charge in [0, 0.05) is 19.2 Å². The van der Waals surface area contributed by atoms with Gasteiger partial charge >= 0.3 is 0 Å². The molecule has 0 aliphatic carbocycles. The van der Waals surface area contributed by atoms with Crippen LogP contribution in [0.15, 0.2) is 12.3 Å². The Balaban J connectivity index is 2.18. The summed E-state index contributed by atoms with van der Waals surface area (Å²) in [5.41, 5.74) is 5.42. The van der Waals surface area contributed by atoms with Crippen LogP contribution in [0.1, 0.15) is 0 Å². The smallest absolute Gasteiger partial charge is 0.151 e. The van der Waals surface area contributed by atoms with Crippen molar-refractivity contribution >= 4 is 11.5 Å². The third kappa shape index (κ3) is 1.77. The van der Waals surface area contributed by atoms with Gasteiger partial charge in [-0.05, 0) is 0 Å². The predicted octanol–water partition coefficient (Wildman–Crippen LogP) is 0.639. The van der Waals surface area contributed by atoms with E-state index in [0.717, 1.165) is 13.1 Å². The van der Waals surface area contributed by atoms with E-state index in [0.29, 0.717) is 19.0 Å². The molecule has 76 valence electrons. The lowest BCUT2D eigenvalue weighted by atomic mass is 10.3. The molecule has 1 saturated heterocycles. The SMILES string of the molecule is Nc1cnc(N2CCOCC2)cc1F. The quantitative estimate of drug-likeness (QED) is 0.717. The number of pyridine rings is 1. The Hall–Kier alpha value is -1.36. The molecule has 2 heterocycles. The van der Waals surface area contributed by atoms with Crippen LogP contribution in [0.4, 0.5) is 15.9 Å². The van der Waals surface area contributed by atoms with Crippen LogP contribution in [0.5, 0.6) is 0 Å². The number of aromatic nitrogens is 1. The van der Waals surface area contributed by atoms with Crippen LogP contribution >= 0.6 is 0 Å². The van der Waals surface area contributed by atoms with Gasteiger partial charge in [-0.25, -0.2) is 9.37 Å². The first-order chi connectivity index (χ1) is 6.77. The minimum Gasteiger partial charge on any atom is -0.395 e. The molecular weight excluding hydrogens is 185 g/mol. The summed E-state index contributed by atoms with van der Waals surface area (Å²) in [6, 6.07) is 1.36. The first-order valence-electron chi connectivity index (χ1n) is 4.51. The van der Waals surface area contributed by atoms with E-state index in [9.17, 15) is 4.39 Å². The Labute approximate surface area is 81.5 Å². The molecule has 0 aromatic carbocycles. The second-order valence-electron chi connectivity index (χ2n) is 3.16. The summed E-state index contributed by atoms with van der Waals surface area (Å²) in [6.07, 6.45) is 1.35. The van der Waals surface area contributed by atoms with Gasteiger partial charge in [-0.2, -0.15) is 0 Å². The summed E-state index contributed by atoms with van der Waals surface area (Å²) in [4.78, 5) is 6.05. The number of halogens is 1. The summed E-state index contributed by atoms with van der Waals surface area (Å²) >= 11 is 0. The fourth-order valence-corrected chi connectivity index (χ4v) is 1.40. The minimum absolute atomic E-state index is 0.0852. The number of nitrogens with zero attached hydrogens (tertiary/aromatic N) is 2. The van der Waals surface area contributed by atoms with E-state index in [2.05, 4.69) is 4.98 Å². The fraction of sp³-hybridized carbons (Fsp3) is 0.444. The monoisotopic (exact) mass is 197 g/mol. The maximum Gasteiger partial charge on any atom is 0.151 e. The number of ether oxygens (including phenoxy) is 1. The molecule has 4 nitrogen and oxygen atoms in total. The fourth-order valence-electron chi connectivity index (χ4n) is 1.40. The standard InChI is InChI=1S/C9H12FN3O/c10-7-5-9(12-6-8(7)11)13-1-3-14-4-2-13/h5-6H,1-4,11H2. The molecule has 2 N–H and O–H groups in total. The minimum atomic E-state index is -0.415. The highest BCUT2D eigenvalue weighted by Gasteiger charge is 2.13. The van der Waals surface area contributed by atoms with E-state index in [4.69, 9.17) is 10.5 Å². The lowest BCUT2D eigenvalue weighted by Gasteiger charge is -2.27. The van der Waals surface area contributed by atoms with Crippen molar-refractivity contribution < 1.29 is 9.13 Å². The van der Waals surface area contributed by atoms with Crippen LogP contribution < -0.4 is 10.6 Å². The van der Waals surface area contributed by atoms with E-state index in [1.54, 1.807) is 0 Å². The Kier molecular flexibility index (Phi) is 2.49. The number of rotatable bonds is 1. The molecule has 5 heteroatoms. The molecule has 1 aromatic heterocycles. The highest BCUT2D eigenvalue weighted by molar-refractivity contribution is 5.47. The molecule has 0 saturated carbocycles. The number of hydrogen-bond donors (Lipinski definition) is 1. The van der Waals surface area contributed by atoms with Crippen LogP contribution in [-0.4, -0.2) is 31.3 Å². The number of hydrogen-bond acceptors (Lipinski definition) is 4. The topological polar surface area (TPSA) is 51.4 Å². The van der Waals surface area contributed by atoms with Crippen LogP contribution in [0.3, 0.4) is 0 Å². The predicted molar refractivity (Wildman–Crippen MR) is 51.6 cm³/mol. The van der Waals surface area contributed by atoms with Crippen molar-refractivity contribution in [1.82, 2.24) is 4.98 Å². The van der Waals surface area contributed by atoms with E-state index in [1.807, 2.05) is 4.90 Å². The number of nitrogens with two attached hydrogens (primary N) is 1. The highest BCUT2D eigenvalue weighted by atomic mass is 19.1. The molecular formula is C9H12FN3O. The maximum atomic E-state index is 13.1. The molecule has 1 aliphatic rings. The summed E-state index contributed by atoms with van der Waals surface area (Å²) in [6.45, 7) is 2.81. The summed E-state index contributed by atoms with van der Waals surface area (Å²) in [5, 5.41) is 0. The van der Waals surface area contributed by atoms with Gasteiger partial charge in [-0.1, -0.05) is 0 Å². The molecule has 0 radical (unpaired) electrons. The van der Waals surface area contributed by atoms with Crippen molar-refractivity contribution in [3.05, 3.63) is 18.1 Å². The van der Waals surface area contributed by atoms with Crippen molar-refractivity contribution in [2.45, 2.75) is 0 Å². The molecule has 1 fully saturated rings. The first-order valence-corrected chi connectivity index (χ1v) is 4.51. The maximum absolute atomic E-state index is 13.1. The molecule has 14 heavy (non-hydrogen) atoms. The van der Waals surface area contributed by atoms with Gasteiger partial charge in [0.1, 0.15) is 5.82 Å².